The van der Waals surface area contributed by atoms with E-state index in [1.54, 1.807) is 24.2 Å². The minimum Gasteiger partial charge on any atom is -0.496 e. The van der Waals surface area contributed by atoms with E-state index in [1.807, 2.05) is 72.8 Å². The van der Waals surface area contributed by atoms with Crippen LogP contribution in [0.5, 0.6) is 11.5 Å². The van der Waals surface area contributed by atoms with E-state index < -0.39 is 18.2 Å². The van der Waals surface area contributed by atoms with Crippen LogP contribution in [0.2, 0.25) is 0 Å². The number of benzene rings is 3. The molecule has 1 aliphatic carbocycles. The Labute approximate surface area is 254 Å². The van der Waals surface area contributed by atoms with Gasteiger partial charge in [-0.15, -0.1) is 0 Å². The lowest BCUT2D eigenvalue weighted by molar-refractivity contribution is -0.137. The van der Waals surface area contributed by atoms with E-state index in [4.69, 9.17) is 9.47 Å². The number of para-hydroxylation sites is 2. The van der Waals surface area contributed by atoms with E-state index in [9.17, 15) is 19.8 Å². The molecule has 3 aromatic carbocycles. The Hall–Kier alpha value is -3.41. The standard InChI is InChI=1S/C32H35IN2O6/c1-40-27-13-7-5-11-23(27)15-17-35(30(37)19-22-9-3-2-4-10-22)26-20-24(32(39)34-16-18-36)21-29(31(26)38)41-28-14-8-6-12-25(28)33/h2-14,21,26,29,31,36,38H,15-20H2,1H3,(H,34,39). The summed E-state index contributed by atoms with van der Waals surface area (Å²) < 4.78 is 12.6. The number of nitrogens with one attached hydrogen (secondary N) is 1. The van der Waals surface area contributed by atoms with Crippen LogP contribution in [0.3, 0.4) is 0 Å². The zero-order valence-electron chi connectivity index (χ0n) is 22.9. The second-order valence-corrected chi connectivity index (χ2v) is 10.9. The summed E-state index contributed by atoms with van der Waals surface area (Å²) in [7, 11) is 1.61. The number of ether oxygens (including phenoxy) is 2. The van der Waals surface area contributed by atoms with Gasteiger partial charge < -0.3 is 29.9 Å². The molecule has 0 saturated heterocycles. The molecule has 0 aromatic heterocycles. The summed E-state index contributed by atoms with van der Waals surface area (Å²) in [6.07, 6.45) is 0.420. The van der Waals surface area contributed by atoms with Crippen molar-refractivity contribution in [2.24, 2.45) is 0 Å². The zero-order chi connectivity index (χ0) is 29.2. The molecule has 216 valence electrons. The topological polar surface area (TPSA) is 108 Å². The lowest BCUT2D eigenvalue weighted by Gasteiger charge is -2.40. The molecule has 1 aliphatic rings. The quantitative estimate of drug-likeness (QED) is 0.255. The van der Waals surface area contributed by atoms with Gasteiger partial charge in [-0.05, 0) is 64.4 Å². The van der Waals surface area contributed by atoms with Gasteiger partial charge in [-0.3, -0.25) is 9.59 Å². The van der Waals surface area contributed by atoms with E-state index in [0.717, 1.165) is 20.4 Å². The number of hydrogen-bond acceptors (Lipinski definition) is 6. The fourth-order valence-electron chi connectivity index (χ4n) is 4.96. The molecule has 2 amide bonds. The SMILES string of the molecule is COc1ccccc1CCN(C(=O)Cc1ccccc1)C1CC(C(=O)NCCO)=CC(Oc2ccccc2I)C1O. The van der Waals surface area contributed by atoms with Gasteiger partial charge in [0.15, 0.2) is 0 Å². The fourth-order valence-corrected chi connectivity index (χ4v) is 5.48. The molecule has 0 heterocycles. The van der Waals surface area contributed by atoms with E-state index in [2.05, 4.69) is 27.9 Å². The van der Waals surface area contributed by atoms with Gasteiger partial charge in [0.05, 0.1) is 29.7 Å². The van der Waals surface area contributed by atoms with Crippen molar-refractivity contribution in [3.63, 3.8) is 0 Å². The van der Waals surface area contributed by atoms with Crippen LogP contribution in [0, 0.1) is 3.57 Å². The molecule has 3 unspecified atom stereocenters. The highest BCUT2D eigenvalue weighted by Crippen LogP contribution is 2.30. The maximum absolute atomic E-state index is 13.9. The third-order valence-corrected chi connectivity index (χ3v) is 7.94. The maximum Gasteiger partial charge on any atom is 0.247 e. The largest absolute Gasteiger partial charge is 0.496 e. The van der Waals surface area contributed by atoms with Crippen LogP contribution in [0.4, 0.5) is 0 Å². The van der Waals surface area contributed by atoms with Gasteiger partial charge >= 0.3 is 0 Å². The van der Waals surface area contributed by atoms with Gasteiger partial charge in [0.1, 0.15) is 23.7 Å². The van der Waals surface area contributed by atoms with Crippen LogP contribution in [0.15, 0.2) is 90.5 Å². The molecule has 0 saturated carbocycles. The smallest absolute Gasteiger partial charge is 0.247 e. The molecule has 9 heteroatoms. The molecule has 0 spiro atoms. The van der Waals surface area contributed by atoms with Crippen LogP contribution >= 0.6 is 22.6 Å². The van der Waals surface area contributed by atoms with Crippen LogP contribution < -0.4 is 14.8 Å². The minimum atomic E-state index is -1.10. The molecule has 4 rings (SSSR count). The van der Waals surface area contributed by atoms with Gasteiger partial charge in [0, 0.05) is 25.1 Å². The second-order valence-electron chi connectivity index (χ2n) is 9.76. The average Bonchev–Trinajstić information content (AvgIpc) is 2.99. The molecule has 3 N–H and O–H groups in total. The third kappa shape index (κ3) is 8.08. The molecule has 3 aromatic rings. The van der Waals surface area contributed by atoms with Crippen molar-refractivity contribution in [3.05, 3.63) is 105 Å². The van der Waals surface area contributed by atoms with Gasteiger partial charge in [-0.2, -0.15) is 0 Å². The monoisotopic (exact) mass is 670 g/mol. The highest BCUT2D eigenvalue weighted by molar-refractivity contribution is 14.1. The van der Waals surface area contributed by atoms with Crippen LogP contribution in [-0.2, 0) is 22.4 Å². The first-order valence-corrected chi connectivity index (χ1v) is 14.6. The molecule has 8 nitrogen and oxygen atoms in total. The highest BCUT2D eigenvalue weighted by atomic mass is 127. The van der Waals surface area contributed by atoms with E-state index in [0.29, 0.717) is 24.3 Å². The van der Waals surface area contributed by atoms with Gasteiger partial charge in [-0.1, -0.05) is 60.7 Å². The van der Waals surface area contributed by atoms with Crippen molar-refractivity contribution >= 4 is 34.4 Å². The number of aliphatic hydroxyl groups excluding tert-OH is 2. The minimum absolute atomic E-state index is 0.0932. The Balaban J connectivity index is 1.67. The predicted octanol–water partition coefficient (Wildman–Crippen LogP) is 3.53. The normalized spacial score (nSPS) is 18.2. The number of carbonyl (C=O) groups is 2. The van der Waals surface area contributed by atoms with E-state index in [-0.39, 0.29) is 37.8 Å². The number of carbonyl (C=O) groups excluding carboxylic acids is 2. The molecule has 0 bridgehead atoms. The van der Waals surface area contributed by atoms with Crippen molar-refractivity contribution in [1.82, 2.24) is 10.2 Å². The third-order valence-electron chi connectivity index (χ3n) is 7.05. The summed E-state index contributed by atoms with van der Waals surface area (Å²) >= 11 is 2.16. The average molecular weight is 671 g/mol. The van der Waals surface area contributed by atoms with Crippen LogP contribution in [0.1, 0.15) is 17.5 Å². The van der Waals surface area contributed by atoms with Gasteiger partial charge in [-0.25, -0.2) is 0 Å². The van der Waals surface area contributed by atoms with Crippen LogP contribution in [-0.4, -0.2) is 72.0 Å². The number of amides is 2. The summed E-state index contributed by atoms with van der Waals surface area (Å²) in [6.45, 7) is 0.193. The maximum atomic E-state index is 13.9. The highest BCUT2D eigenvalue weighted by Gasteiger charge is 2.40. The number of aliphatic hydroxyl groups is 2. The van der Waals surface area contributed by atoms with Crippen LogP contribution in [0.25, 0.3) is 0 Å². The van der Waals surface area contributed by atoms with Crippen molar-refractivity contribution in [3.8, 4) is 11.5 Å². The Bertz CT molecular complexity index is 1350. The molecular formula is C32H35IN2O6. The summed E-state index contributed by atoms with van der Waals surface area (Å²) in [5, 5.41) is 23.6. The van der Waals surface area contributed by atoms with Crippen molar-refractivity contribution in [2.75, 3.05) is 26.8 Å². The Morgan fingerprint density at radius 1 is 1.00 bits per heavy atom. The predicted molar refractivity (Wildman–Crippen MR) is 165 cm³/mol. The van der Waals surface area contributed by atoms with E-state index in [1.165, 1.54) is 0 Å². The number of nitrogens with zero attached hydrogens (tertiary/aromatic N) is 1. The molecular weight excluding hydrogens is 635 g/mol. The Kier molecular flexibility index (Phi) is 11.2. The van der Waals surface area contributed by atoms with Crippen molar-refractivity contribution in [1.29, 1.82) is 0 Å². The molecule has 0 aliphatic heterocycles. The van der Waals surface area contributed by atoms with Crippen molar-refractivity contribution in [2.45, 2.75) is 37.5 Å². The van der Waals surface area contributed by atoms with Gasteiger partial charge in [0.2, 0.25) is 11.8 Å². The second kappa shape index (κ2) is 15.0. The molecule has 0 radical (unpaired) electrons. The molecule has 41 heavy (non-hydrogen) atoms. The lowest BCUT2D eigenvalue weighted by atomic mass is 9.87. The fraction of sp³-hybridized carbons (Fsp3) is 0.312. The van der Waals surface area contributed by atoms with E-state index >= 15 is 0 Å². The number of rotatable bonds is 12. The van der Waals surface area contributed by atoms with Crippen molar-refractivity contribution < 1.29 is 29.3 Å². The first-order valence-electron chi connectivity index (χ1n) is 13.6. The summed E-state index contributed by atoms with van der Waals surface area (Å²) in [5.74, 6) is 0.754. The molecule has 3 atom stereocenters. The lowest BCUT2D eigenvalue weighted by Crippen LogP contribution is -2.56. The summed E-state index contributed by atoms with van der Waals surface area (Å²) in [6, 6.07) is 23.8. The molecule has 0 fully saturated rings. The Morgan fingerprint density at radius 3 is 2.39 bits per heavy atom. The number of methoxy groups -OCH3 is 1. The number of hydrogen-bond donors (Lipinski definition) is 3. The first kappa shape index (κ1) is 30.5. The Morgan fingerprint density at radius 2 is 1.68 bits per heavy atom. The summed E-state index contributed by atoms with van der Waals surface area (Å²) in [4.78, 5) is 28.6. The first-order chi connectivity index (χ1) is 19.9. The number of halogens is 1. The van der Waals surface area contributed by atoms with Gasteiger partial charge in [0.25, 0.3) is 0 Å². The zero-order valence-corrected chi connectivity index (χ0v) is 25.1. The summed E-state index contributed by atoms with van der Waals surface area (Å²) in [5.41, 5.74) is 2.17.